The van der Waals surface area contributed by atoms with Crippen molar-refractivity contribution < 1.29 is 18.1 Å². The molecule has 0 aromatic carbocycles. The summed E-state index contributed by atoms with van der Waals surface area (Å²) in [5, 5.41) is 2.93. The zero-order valence-corrected chi connectivity index (χ0v) is 13.6. The van der Waals surface area contributed by atoms with E-state index in [9.17, 15) is 13.4 Å². The molecule has 2 atom stereocenters. The fourth-order valence-electron chi connectivity index (χ4n) is 2.84. The molecule has 6 nitrogen and oxygen atoms in total. The first-order valence-electron chi connectivity index (χ1n) is 7.79. The van der Waals surface area contributed by atoms with Crippen LogP contribution in [0.25, 0.3) is 0 Å². The molecule has 2 amide bonds. The van der Waals surface area contributed by atoms with Crippen LogP contribution >= 0.6 is 0 Å². The van der Waals surface area contributed by atoms with Gasteiger partial charge in [-0.1, -0.05) is 0 Å². The van der Waals surface area contributed by atoms with Crippen molar-refractivity contribution in [3.05, 3.63) is 24.1 Å². The lowest BCUT2D eigenvalue weighted by Crippen LogP contribution is -2.49. The monoisotopic (exact) mass is 341 g/mol. The van der Waals surface area contributed by atoms with Gasteiger partial charge in [0.1, 0.15) is 6.10 Å². The van der Waals surface area contributed by atoms with Crippen LogP contribution in [0.15, 0.2) is 18.3 Å². The number of aromatic nitrogens is 1. The van der Waals surface area contributed by atoms with Crippen LogP contribution in [0.3, 0.4) is 0 Å². The number of urea groups is 1. The highest BCUT2D eigenvalue weighted by molar-refractivity contribution is 7.85. The highest BCUT2D eigenvalue weighted by Crippen LogP contribution is 2.20. The fraction of sp³-hybridized carbons (Fsp3) is 0.600. The largest absolute Gasteiger partial charge is 0.472 e. The number of hydrogen-bond acceptors (Lipinski definition) is 4. The number of hydrogen-bond donors (Lipinski definition) is 1. The Morgan fingerprint density at radius 3 is 2.83 bits per heavy atom. The summed E-state index contributed by atoms with van der Waals surface area (Å²) in [6.07, 6.45) is 3.41. The molecular formula is C15H20FN3O3S. The minimum Gasteiger partial charge on any atom is -0.472 e. The van der Waals surface area contributed by atoms with E-state index in [0.29, 0.717) is 37.4 Å². The lowest BCUT2D eigenvalue weighted by atomic mass is 10.1. The zero-order chi connectivity index (χ0) is 16.2. The SMILES string of the molecule is O=C(NC1CCS(=O)C1)N1CCC(Oc2ncccc2F)CC1. The Morgan fingerprint density at radius 2 is 2.17 bits per heavy atom. The van der Waals surface area contributed by atoms with Crippen LogP contribution in [0, 0.1) is 5.82 Å². The minimum atomic E-state index is -0.801. The number of halogens is 1. The van der Waals surface area contributed by atoms with Gasteiger partial charge in [0.05, 0.1) is 0 Å². The average Bonchev–Trinajstić information content (AvgIpc) is 2.95. The van der Waals surface area contributed by atoms with Gasteiger partial charge in [-0.05, 0) is 18.6 Å². The molecule has 0 radical (unpaired) electrons. The number of rotatable bonds is 3. The van der Waals surface area contributed by atoms with Crippen molar-refractivity contribution in [2.24, 2.45) is 0 Å². The maximum atomic E-state index is 13.5. The summed E-state index contributed by atoms with van der Waals surface area (Å²) in [4.78, 5) is 17.8. The van der Waals surface area contributed by atoms with Crippen molar-refractivity contribution in [1.29, 1.82) is 0 Å². The summed E-state index contributed by atoms with van der Waals surface area (Å²) in [7, 11) is -0.801. The van der Waals surface area contributed by atoms with Gasteiger partial charge in [0, 0.05) is 60.5 Å². The second kappa shape index (κ2) is 7.25. The minimum absolute atomic E-state index is 0.0138. The molecule has 1 aromatic rings. The number of amides is 2. The molecule has 3 rings (SSSR count). The molecule has 2 saturated heterocycles. The topological polar surface area (TPSA) is 71.5 Å². The Morgan fingerprint density at radius 1 is 1.39 bits per heavy atom. The molecule has 1 N–H and O–H groups in total. The van der Waals surface area contributed by atoms with Crippen molar-refractivity contribution in [2.45, 2.75) is 31.4 Å². The van der Waals surface area contributed by atoms with Gasteiger partial charge in [-0.15, -0.1) is 0 Å². The summed E-state index contributed by atoms with van der Waals surface area (Å²) in [6, 6.07) is 2.73. The van der Waals surface area contributed by atoms with Crippen molar-refractivity contribution in [3.63, 3.8) is 0 Å². The molecule has 2 aliphatic rings. The number of carbonyl (C=O) groups excluding carboxylic acids is 1. The van der Waals surface area contributed by atoms with Gasteiger partial charge in [0.2, 0.25) is 0 Å². The third-order valence-corrected chi connectivity index (χ3v) is 5.61. The Balaban J connectivity index is 1.45. The van der Waals surface area contributed by atoms with Crippen LogP contribution in [-0.2, 0) is 10.8 Å². The predicted molar refractivity (Wildman–Crippen MR) is 84.2 cm³/mol. The quantitative estimate of drug-likeness (QED) is 0.899. The number of nitrogens with one attached hydrogen (secondary N) is 1. The van der Waals surface area contributed by atoms with Crippen LogP contribution in [0.4, 0.5) is 9.18 Å². The Bertz CT molecular complexity index is 593. The van der Waals surface area contributed by atoms with E-state index in [4.69, 9.17) is 4.74 Å². The molecular weight excluding hydrogens is 321 g/mol. The highest BCUT2D eigenvalue weighted by Gasteiger charge is 2.28. The van der Waals surface area contributed by atoms with E-state index in [1.807, 2.05) is 0 Å². The fourth-order valence-corrected chi connectivity index (χ4v) is 4.25. The lowest BCUT2D eigenvalue weighted by Gasteiger charge is -2.32. The molecule has 2 aliphatic heterocycles. The molecule has 8 heteroatoms. The zero-order valence-electron chi connectivity index (χ0n) is 12.7. The van der Waals surface area contributed by atoms with Gasteiger partial charge < -0.3 is 15.0 Å². The van der Waals surface area contributed by atoms with E-state index in [2.05, 4.69) is 10.3 Å². The van der Waals surface area contributed by atoms with Gasteiger partial charge in [0.15, 0.2) is 5.82 Å². The molecule has 0 aliphatic carbocycles. The van der Waals surface area contributed by atoms with Gasteiger partial charge in [-0.25, -0.2) is 14.2 Å². The van der Waals surface area contributed by atoms with E-state index >= 15 is 0 Å². The maximum Gasteiger partial charge on any atom is 0.317 e. The van der Waals surface area contributed by atoms with Crippen molar-refractivity contribution in [2.75, 3.05) is 24.6 Å². The number of ether oxygens (including phenoxy) is 1. The molecule has 3 heterocycles. The first kappa shape index (κ1) is 16.2. The van der Waals surface area contributed by atoms with Gasteiger partial charge in [-0.3, -0.25) is 4.21 Å². The van der Waals surface area contributed by atoms with Crippen molar-refractivity contribution in [3.8, 4) is 5.88 Å². The highest BCUT2D eigenvalue weighted by atomic mass is 32.2. The van der Waals surface area contributed by atoms with Crippen molar-refractivity contribution in [1.82, 2.24) is 15.2 Å². The average molecular weight is 341 g/mol. The second-order valence-corrected chi connectivity index (χ2v) is 7.46. The Kier molecular flexibility index (Phi) is 5.09. The van der Waals surface area contributed by atoms with Crippen molar-refractivity contribution >= 4 is 16.8 Å². The van der Waals surface area contributed by atoms with Crippen LogP contribution in [0.2, 0.25) is 0 Å². The molecule has 2 unspecified atom stereocenters. The Hall–Kier alpha value is -1.70. The molecule has 126 valence electrons. The summed E-state index contributed by atoms with van der Waals surface area (Å²) in [6.45, 7) is 1.11. The number of pyridine rings is 1. The predicted octanol–water partition coefficient (Wildman–Crippen LogP) is 1.29. The smallest absolute Gasteiger partial charge is 0.317 e. The summed E-state index contributed by atoms with van der Waals surface area (Å²) in [5.74, 6) is 0.756. The van der Waals surface area contributed by atoms with Crippen LogP contribution in [-0.4, -0.2) is 56.9 Å². The van der Waals surface area contributed by atoms with Gasteiger partial charge >= 0.3 is 6.03 Å². The summed E-state index contributed by atoms with van der Waals surface area (Å²) < 4.78 is 30.4. The number of carbonyl (C=O) groups is 1. The van der Waals surface area contributed by atoms with E-state index in [1.165, 1.54) is 18.3 Å². The maximum absolute atomic E-state index is 13.5. The molecule has 0 spiro atoms. The summed E-state index contributed by atoms with van der Waals surface area (Å²) in [5.41, 5.74) is 0. The number of nitrogens with zero attached hydrogens (tertiary/aromatic N) is 2. The van der Waals surface area contributed by atoms with Crippen LogP contribution < -0.4 is 10.1 Å². The summed E-state index contributed by atoms with van der Waals surface area (Å²) >= 11 is 0. The normalized spacial score (nSPS) is 25.3. The van der Waals surface area contributed by atoms with E-state index < -0.39 is 16.6 Å². The van der Waals surface area contributed by atoms with Gasteiger partial charge in [-0.2, -0.15) is 0 Å². The first-order chi connectivity index (χ1) is 11.1. The number of likely N-dealkylation sites (tertiary alicyclic amines) is 1. The first-order valence-corrected chi connectivity index (χ1v) is 9.28. The third kappa shape index (κ3) is 4.19. The third-order valence-electron chi connectivity index (χ3n) is 4.14. The number of piperidine rings is 1. The van der Waals surface area contributed by atoms with E-state index in [1.54, 1.807) is 4.90 Å². The van der Waals surface area contributed by atoms with E-state index in [-0.39, 0.29) is 24.1 Å². The van der Waals surface area contributed by atoms with E-state index in [0.717, 1.165) is 6.42 Å². The second-order valence-electron chi connectivity index (χ2n) is 5.84. The molecule has 0 bridgehead atoms. The standard InChI is InChI=1S/C15H20FN3O3S/c16-13-2-1-6-17-14(13)22-12-3-7-19(8-4-12)15(20)18-11-5-9-23(21)10-11/h1-2,6,11-12H,3-5,7-10H2,(H,18,20). The Labute approximate surface area is 136 Å². The van der Waals surface area contributed by atoms with Crippen LogP contribution in [0.5, 0.6) is 5.88 Å². The molecule has 0 saturated carbocycles. The lowest BCUT2D eigenvalue weighted by molar-refractivity contribution is 0.103. The molecule has 2 fully saturated rings. The van der Waals surface area contributed by atoms with Crippen LogP contribution in [0.1, 0.15) is 19.3 Å². The molecule has 1 aromatic heterocycles. The molecule has 23 heavy (non-hydrogen) atoms. The van der Waals surface area contributed by atoms with Gasteiger partial charge in [0.25, 0.3) is 5.88 Å².